The number of carbonyl (C=O) groups excluding carboxylic acids is 2. The zero-order valence-corrected chi connectivity index (χ0v) is 13.8. The molecule has 0 bridgehead atoms. The minimum absolute atomic E-state index is 0.357. The van der Waals surface area contributed by atoms with Crippen molar-refractivity contribution in [2.45, 2.75) is 55.3 Å². The monoisotopic (exact) mass is 350 g/mol. The number of unbranched alkanes of at least 4 members (excludes halogenated alkanes) is 2. The molecule has 0 aliphatic carbocycles. The van der Waals surface area contributed by atoms with E-state index in [1.807, 2.05) is 0 Å². The van der Waals surface area contributed by atoms with Crippen LogP contribution < -0.4 is 0 Å². The Kier molecular flexibility index (Phi) is 5.76. The van der Waals surface area contributed by atoms with Gasteiger partial charge in [-0.3, -0.25) is 0 Å². The van der Waals surface area contributed by atoms with Gasteiger partial charge in [0.25, 0.3) is 0 Å². The first-order valence-corrected chi connectivity index (χ1v) is 12.9. The van der Waals surface area contributed by atoms with E-state index in [4.69, 9.17) is 6.15 Å². The summed E-state index contributed by atoms with van der Waals surface area (Å²) in [6, 6.07) is 0. The fraction of sp³-hybridized carbons (Fsp3) is 0.833. The molecule has 5 heteroatoms. The Balaban J connectivity index is 2.75. The Hall–Kier alpha value is -0.261. The standard InChI is InChI=1S/C4H6O4.2C4H9.Sn/c1-2(3(5)6)4(7)8;2*1-3-4-2;/h2H,1H3,(H,5,6)(H,7,8);2*1,3-4H2,2H3;/q;;;+2/p-2. The SMILES string of the molecule is CCC[CH2][Sn]1([CH2]CCC)[O]C(=O)C(C)C(=O)[O]1. The van der Waals surface area contributed by atoms with Crippen molar-refractivity contribution in [2.75, 3.05) is 0 Å². The molecule has 1 saturated heterocycles. The molecule has 4 nitrogen and oxygen atoms in total. The molecule has 1 fully saturated rings. The minimum atomic E-state index is -3.41. The molecule has 0 aromatic heterocycles. The second-order valence-corrected chi connectivity index (χ2v) is 13.9. The van der Waals surface area contributed by atoms with Gasteiger partial charge in [0.2, 0.25) is 0 Å². The van der Waals surface area contributed by atoms with Crippen molar-refractivity contribution >= 4 is 31.1 Å². The van der Waals surface area contributed by atoms with E-state index in [0.717, 1.165) is 34.6 Å². The van der Waals surface area contributed by atoms with Gasteiger partial charge in [0, 0.05) is 0 Å². The van der Waals surface area contributed by atoms with Gasteiger partial charge in [-0.1, -0.05) is 0 Å². The Morgan fingerprint density at radius 1 is 1.00 bits per heavy atom. The zero-order chi connectivity index (χ0) is 12.9. The van der Waals surface area contributed by atoms with Gasteiger partial charge in [-0.25, -0.2) is 0 Å². The fourth-order valence-electron chi connectivity index (χ4n) is 1.88. The van der Waals surface area contributed by atoms with Crippen molar-refractivity contribution in [3.8, 4) is 0 Å². The molecular weight excluding hydrogens is 327 g/mol. The summed E-state index contributed by atoms with van der Waals surface area (Å²) in [6.07, 6.45) is 4.04. The van der Waals surface area contributed by atoms with E-state index in [2.05, 4.69) is 13.8 Å². The summed E-state index contributed by atoms with van der Waals surface area (Å²) < 4.78 is 12.8. The number of hydrogen-bond donors (Lipinski definition) is 0. The third-order valence-corrected chi connectivity index (χ3v) is 12.7. The van der Waals surface area contributed by atoms with Gasteiger partial charge in [-0.05, 0) is 0 Å². The molecule has 0 N–H and O–H groups in total. The van der Waals surface area contributed by atoms with Crippen LogP contribution in [-0.4, -0.2) is 31.1 Å². The molecule has 1 rings (SSSR count). The van der Waals surface area contributed by atoms with Crippen LogP contribution in [0.5, 0.6) is 0 Å². The van der Waals surface area contributed by atoms with E-state index in [1.165, 1.54) is 0 Å². The summed E-state index contributed by atoms with van der Waals surface area (Å²) in [5, 5.41) is 0. The molecule has 0 aromatic carbocycles. The van der Waals surface area contributed by atoms with E-state index >= 15 is 0 Å². The third kappa shape index (κ3) is 3.86. The number of hydrogen-bond acceptors (Lipinski definition) is 4. The van der Waals surface area contributed by atoms with Gasteiger partial charge in [0.15, 0.2) is 0 Å². The van der Waals surface area contributed by atoms with Gasteiger partial charge in [0.1, 0.15) is 0 Å². The summed E-state index contributed by atoms with van der Waals surface area (Å²) in [5.74, 6) is -1.45. The Morgan fingerprint density at radius 2 is 1.41 bits per heavy atom. The van der Waals surface area contributed by atoms with Crippen LogP contribution >= 0.6 is 0 Å². The second-order valence-electron chi connectivity index (χ2n) is 4.68. The topological polar surface area (TPSA) is 52.6 Å². The molecule has 1 aliphatic rings. The molecular formula is C12H22O4Sn. The predicted molar refractivity (Wildman–Crippen MR) is 66.5 cm³/mol. The summed E-state index contributed by atoms with van der Waals surface area (Å²) in [7, 11) is 0. The summed E-state index contributed by atoms with van der Waals surface area (Å²) in [5.41, 5.74) is 0. The maximum absolute atomic E-state index is 11.7. The van der Waals surface area contributed by atoms with Gasteiger partial charge in [-0.2, -0.15) is 0 Å². The first-order chi connectivity index (χ1) is 8.04. The van der Waals surface area contributed by atoms with Gasteiger partial charge >= 0.3 is 108 Å². The van der Waals surface area contributed by atoms with E-state index in [0.29, 0.717) is 0 Å². The molecule has 0 aromatic rings. The molecule has 0 saturated carbocycles. The molecule has 1 aliphatic heterocycles. The maximum atomic E-state index is 11.7. The van der Waals surface area contributed by atoms with E-state index in [9.17, 15) is 9.59 Å². The van der Waals surface area contributed by atoms with E-state index in [1.54, 1.807) is 6.92 Å². The molecule has 98 valence electrons. The molecule has 17 heavy (non-hydrogen) atoms. The summed E-state index contributed by atoms with van der Waals surface area (Å²) in [6.45, 7) is 5.74. The van der Waals surface area contributed by atoms with Crippen molar-refractivity contribution in [3.63, 3.8) is 0 Å². The van der Waals surface area contributed by atoms with Crippen molar-refractivity contribution in [2.24, 2.45) is 5.92 Å². The van der Waals surface area contributed by atoms with Crippen molar-refractivity contribution < 1.29 is 15.7 Å². The van der Waals surface area contributed by atoms with E-state index in [-0.39, 0.29) is 11.9 Å². The van der Waals surface area contributed by atoms with Crippen LogP contribution in [0.15, 0.2) is 0 Å². The summed E-state index contributed by atoms with van der Waals surface area (Å²) in [4.78, 5) is 23.4. The van der Waals surface area contributed by atoms with Crippen molar-refractivity contribution in [1.82, 2.24) is 0 Å². The van der Waals surface area contributed by atoms with E-state index < -0.39 is 25.1 Å². The van der Waals surface area contributed by atoms with Gasteiger partial charge in [-0.15, -0.1) is 0 Å². The summed E-state index contributed by atoms with van der Waals surface area (Å²) >= 11 is -3.41. The first-order valence-electron chi connectivity index (χ1n) is 6.50. The molecule has 0 atom stereocenters. The number of rotatable bonds is 6. The molecule has 0 unspecified atom stereocenters. The van der Waals surface area contributed by atoms with Crippen molar-refractivity contribution in [3.05, 3.63) is 0 Å². The van der Waals surface area contributed by atoms with Crippen LogP contribution in [0.1, 0.15) is 46.5 Å². The normalized spacial score (nSPS) is 19.9. The van der Waals surface area contributed by atoms with Gasteiger partial charge < -0.3 is 0 Å². The van der Waals surface area contributed by atoms with Crippen molar-refractivity contribution in [1.29, 1.82) is 0 Å². The van der Waals surface area contributed by atoms with Crippen LogP contribution in [0.25, 0.3) is 0 Å². The average Bonchev–Trinajstić information content (AvgIpc) is 2.31. The molecule has 0 spiro atoms. The average molecular weight is 349 g/mol. The van der Waals surface area contributed by atoms with Crippen LogP contribution in [0.3, 0.4) is 0 Å². The Labute approximate surface area is 108 Å². The molecule has 0 radical (unpaired) electrons. The quantitative estimate of drug-likeness (QED) is 0.547. The van der Waals surface area contributed by atoms with Gasteiger partial charge in [0.05, 0.1) is 0 Å². The van der Waals surface area contributed by atoms with Crippen LogP contribution in [0.2, 0.25) is 8.87 Å². The number of carbonyl (C=O) groups is 2. The Morgan fingerprint density at radius 3 is 1.76 bits per heavy atom. The molecule has 0 amide bonds. The first kappa shape index (κ1) is 14.8. The molecule has 1 heterocycles. The van der Waals surface area contributed by atoms with Crippen LogP contribution in [-0.2, 0) is 15.7 Å². The third-order valence-electron chi connectivity index (χ3n) is 3.10. The van der Waals surface area contributed by atoms with Crippen LogP contribution in [0.4, 0.5) is 0 Å². The Bertz CT molecular complexity index is 262. The predicted octanol–water partition coefficient (Wildman–Crippen LogP) is 2.76. The van der Waals surface area contributed by atoms with Crippen LogP contribution in [0, 0.1) is 5.92 Å². The second kappa shape index (κ2) is 6.61. The fourth-order valence-corrected chi connectivity index (χ4v) is 12.1. The zero-order valence-electron chi connectivity index (χ0n) is 11.0.